The molecule has 2 aromatic rings. The molecule has 1 atom stereocenters. The maximum absolute atomic E-state index is 13.6. The van der Waals surface area contributed by atoms with Crippen molar-refractivity contribution in [2.75, 3.05) is 12.4 Å². The van der Waals surface area contributed by atoms with Gasteiger partial charge in [-0.2, -0.15) is 0 Å². The van der Waals surface area contributed by atoms with E-state index in [2.05, 4.69) is 5.32 Å². The number of aromatic hydroxyl groups is 1. The van der Waals surface area contributed by atoms with E-state index in [1.807, 2.05) is 0 Å². The molecule has 0 spiro atoms. The first-order valence-corrected chi connectivity index (χ1v) is 6.21. The van der Waals surface area contributed by atoms with Crippen LogP contribution in [0.2, 0.25) is 0 Å². The van der Waals surface area contributed by atoms with Gasteiger partial charge in [0.25, 0.3) is 0 Å². The first-order valence-electron chi connectivity index (χ1n) is 6.21. The van der Waals surface area contributed by atoms with Crippen molar-refractivity contribution in [2.24, 2.45) is 0 Å². The Labute approximate surface area is 120 Å². The largest absolute Gasteiger partial charge is 0.508 e. The fourth-order valence-corrected chi connectivity index (χ4v) is 1.95. The number of methoxy groups -OCH3 is 1. The van der Waals surface area contributed by atoms with Crippen LogP contribution in [0.25, 0.3) is 0 Å². The van der Waals surface area contributed by atoms with Gasteiger partial charge in [-0.3, -0.25) is 0 Å². The van der Waals surface area contributed by atoms with Gasteiger partial charge in [0.05, 0.1) is 18.8 Å². The van der Waals surface area contributed by atoms with Gasteiger partial charge >= 0.3 is 0 Å². The van der Waals surface area contributed by atoms with Crippen molar-refractivity contribution in [3.05, 3.63) is 53.3 Å². The van der Waals surface area contributed by atoms with Gasteiger partial charge in [-0.25, -0.2) is 13.2 Å². The Hall–Kier alpha value is -2.37. The third-order valence-electron chi connectivity index (χ3n) is 3.11. The zero-order valence-electron chi connectivity index (χ0n) is 11.5. The molecule has 0 saturated heterocycles. The van der Waals surface area contributed by atoms with Gasteiger partial charge in [-0.05, 0) is 37.3 Å². The van der Waals surface area contributed by atoms with Crippen molar-refractivity contribution in [3.8, 4) is 11.5 Å². The molecule has 2 aromatic carbocycles. The summed E-state index contributed by atoms with van der Waals surface area (Å²) in [5, 5.41) is 12.5. The highest BCUT2D eigenvalue weighted by molar-refractivity contribution is 5.50. The van der Waals surface area contributed by atoms with Crippen molar-refractivity contribution in [1.82, 2.24) is 0 Å². The van der Waals surface area contributed by atoms with E-state index in [1.54, 1.807) is 19.1 Å². The molecule has 0 amide bonds. The Bertz CT molecular complexity index is 662. The van der Waals surface area contributed by atoms with Crippen LogP contribution >= 0.6 is 0 Å². The van der Waals surface area contributed by atoms with E-state index in [0.29, 0.717) is 11.3 Å². The average Bonchev–Trinajstić information content (AvgIpc) is 2.48. The van der Waals surface area contributed by atoms with Crippen LogP contribution in [0.3, 0.4) is 0 Å². The molecule has 0 bridgehead atoms. The minimum absolute atomic E-state index is 0.0150. The van der Waals surface area contributed by atoms with E-state index in [1.165, 1.54) is 13.2 Å². The molecule has 1 unspecified atom stereocenters. The zero-order valence-corrected chi connectivity index (χ0v) is 11.5. The summed E-state index contributed by atoms with van der Waals surface area (Å²) in [6.07, 6.45) is 0. The lowest BCUT2D eigenvalue weighted by atomic mass is 10.1. The van der Waals surface area contributed by atoms with Crippen LogP contribution < -0.4 is 10.1 Å². The standard InChI is InChI=1S/C15H14F3NO2/c1-8(10-7-9(21-2)3-6-13(10)20)19-12-5-4-11(16)14(17)15(12)18/h3-8,19-20H,1-2H3. The lowest BCUT2D eigenvalue weighted by Gasteiger charge is -2.18. The zero-order chi connectivity index (χ0) is 15.6. The highest BCUT2D eigenvalue weighted by atomic mass is 19.2. The maximum Gasteiger partial charge on any atom is 0.196 e. The van der Waals surface area contributed by atoms with Crippen molar-refractivity contribution < 1.29 is 23.0 Å². The summed E-state index contributed by atoms with van der Waals surface area (Å²) < 4.78 is 44.7. The number of hydrogen-bond acceptors (Lipinski definition) is 3. The number of nitrogens with one attached hydrogen (secondary N) is 1. The maximum atomic E-state index is 13.6. The quantitative estimate of drug-likeness (QED) is 0.838. The SMILES string of the molecule is COc1ccc(O)c(C(C)Nc2ccc(F)c(F)c2F)c1. The molecule has 0 aliphatic rings. The van der Waals surface area contributed by atoms with Crippen molar-refractivity contribution in [3.63, 3.8) is 0 Å². The minimum atomic E-state index is -1.54. The van der Waals surface area contributed by atoms with Crippen LogP contribution in [-0.4, -0.2) is 12.2 Å². The van der Waals surface area contributed by atoms with E-state index in [-0.39, 0.29) is 11.4 Å². The lowest BCUT2D eigenvalue weighted by Crippen LogP contribution is -2.09. The molecular formula is C15H14F3NO2. The van der Waals surface area contributed by atoms with Crippen LogP contribution in [0.15, 0.2) is 30.3 Å². The van der Waals surface area contributed by atoms with E-state index < -0.39 is 23.5 Å². The summed E-state index contributed by atoms with van der Waals surface area (Å²) in [7, 11) is 1.48. The van der Waals surface area contributed by atoms with Gasteiger partial charge < -0.3 is 15.2 Å². The number of halogens is 3. The van der Waals surface area contributed by atoms with Crippen molar-refractivity contribution >= 4 is 5.69 Å². The highest BCUT2D eigenvalue weighted by Crippen LogP contribution is 2.31. The van der Waals surface area contributed by atoms with Gasteiger partial charge in [0.15, 0.2) is 17.5 Å². The summed E-state index contributed by atoms with van der Waals surface area (Å²) in [5.41, 5.74) is 0.252. The Morgan fingerprint density at radius 3 is 2.48 bits per heavy atom. The smallest absolute Gasteiger partial charge is 0.196 e. The predicted molar refractivity (Wildman–Crippen MR) is 73.0 cm³/mol. The fraction of sp³-hybridized carbons (Fsp3) is 0.200. The number of anilines is 1. The lowest BCUT2D eigenvalue weighted by molar-refractivity contribution is 0.410. The third-order valence-corrected chi connectivity index (χ3v) is 3.11. The molecule has 0 aliphatic carbocycles. The number of hydrogen-bond donors (Lipinski definition) is 2. The monoisotopic (exact) mass is 297 g/mol. The van der Waals surface area contributed by atoms with Crippen LogP contribution in [0.5, 0.6) is 11.5 Å². The molecule has 2 rings (SSSR count). The normalized spacial score (nSPS) is 12.0. The molecular weight excluding hydrogens is 283 g/mol. The summed E-state index contributed by atoms with van der Waals surface area (Å²) >= 11 is 0. The summed E-state index contributed by atoms with van der Waals surface area (Å²) in [4.78, 5) is 0. The number of ether oxygens (including phenoxy) is 1. The summed E-state index contributed by atoms with van der Waals surface area (Å²) in [5.74, 6) is -3.60. The number of phenolic OH excluding ortho intramolecular Hbond substituents is 1. The number of rotatable bonds is 4. The number of benzene rings is 2. The highest BCUT2D eigenvalue weighted by Gasteiger charge is 2.17. The molecule has 6 heteroatoms. The molecule has 3 nitrogen and oxygen atoms in total. The van der Waals surface area contributed by atoms with Crippen LogP contribution in [0.4, 0.5) is 18.9 Å². The van der Waals surface area contributed by atoms with Crippen molar-refractivity contribution in [1.29, 1.82) is 0 Å². The molecule has 0 heterocycles. The first-order chi connectivity index (χ1) is 9.93. The molecule has 0 fully saturated rings. The van der Waals surface area contributed by atoms with E-state index in [4.69, 9.17) is 4.74 Å². The average molecular weight is 297 g/mol. The van der Waals surface area contributed by atoms with Gasteiger partial charge in [-0.15, -0.1) is 0 Å². The third kappa shape index (κ3) is 3.04. The fourth-order valence-electron chi connectivity index (χ4n) is 1.95. The van der Waals surface area contributed by atoms with Crippen LogP contribution in [0.1, 0.15) is 18.5 Å². The summed E-state index contributed by atoms with van der Waals surface area (Å²) in [6.45, 7) is 1.65. The predicted octanol–water partition coefficient (Wildman–Crippen LogP) is 3.99. The van der Waals surface area contributed by atoms with E-state index in [0.717, 1.165) is 12.1 Å². The topological polar surface area (TPSA) is 41.5 Å². The van der Waals surface area contributed by atoms with Crippen molar-refractivity contribution in [2.45, 2.75) is 13.0 Å². The van der Waals surface area contributed by atoms with Gasteiger partial charge in [-0.1, -0.05) is 0 Å². The molecule has 2 N–H and O–H groups in total. The Morgan fingerprint density at radius 2 is 1.81 bits per heavy atom. The van der Waals surface area contributed by atoms with Crippen LogP contribution in [-0.2, 0) is 0 Å². The van der Waals surface area contributed by atoms with E-state index >= 15 is 0 Å². The first kappa shape index (κ1) is 15.0. The molecule has 21 heavy (non-hydrogen) atoms. The number of phenols is 1. The Kier molecular flexibility index (Phi) is 4.26. The molecule has 112 valence electrons. The second-order valence-corrected chi connectivity index (χ2v) is 4.51. The molecule has 0 saturated carbocycles. The molecule has 0 aromatic heterocycles. The second kappa shape index (κ2) is 5.95. The van der Waals surface area contributed by atoms with Gasteiger partial charge in [0, 0.05) is 5.56 Å². The Balaban J connectivity index is 2.30. The van der Waals surface area contributed by atoms with Crippen LogP contribution in [0, 0.1) is 17.5 Å². The van der Waals surface area contributed by atoms with Gasteiger partial charge in [0.1, 0.15) is 11.5 Å². The Morgan fingerprint density at radius 1 is 1.10 bits per heavy atom. The molecule has 0 radical (unpaired) electrons. The van der Waals surface area contributed by atoms with E-state index in [9.17, 15) is 18.3 Å². The van der Waals surface area contributed by atoms with Gasteiger partial charge in [0.2, 0.25) is 0 Å². The minimum Gasteiger partial charge on any atom is -0.508 e. The summed E-state index contributed by atoms with van der Waals surface area (Å²) in [6, 6.07) is 5.97. The second-order valence-electron chi connectivity index (χ2n) is 4.51. The molecule has 0 aliphatic heterocycles.